The van der Waals surface area contributed by atoms with Gasteiger partial charge in [0, 0.05) is 24.2 Å². The summed E-state index contributed by atoms with van der Waals surface area (Å²) < 4.78 is 0. The summed E-state index contributed by atoms with van der Waals surface area (Å²) >= 11 is 0. The Bertz CT molecular complexity index is 597. The number of aliphatic hydroxyl groups is 1. The first-order chi connectivity index (χ1) is 9.74. The quantitative estimate of drug-likeness (QED) is 0.856. The fraction of sp³-hybridized carbons (Fsp3) is 0.357. The lowest BCUT2D eigenvalue weighted by molar-refractivity contribution is 0.0474. The first-order valence-electron chi connectivity index (χ1n) is 6.67. The first-order valence-corrected chi connectivity index (χ1v) is 6.67. The summed E-state index contributed by atoms with van der Waals surface area (Å²) in [5, 5.41) is 16.3. The molecule has 1 aromatic heterocycles. The highest BCUT2D eigenvalue weighted by atomic mass is 16.3. The summed E-state index contributed by atoms with van der Waals surface area (Å²) in [7, 11) is 0. The molecular formula is C14H16N4O2. The fourth-order valence-electron chi connectivity index (χ4n) is 2.47. The minimum atomic E-state index is -0.412. The van der Waals surface area contributed by atoms with Crippen LogP contribution in [0.4, 0.5) is 0 Å². The Hall–Kier alpha value is -2.21. The van der Waals surface area contributed by atoms with Gasteiger partial charge in [0.2, 0.25) is 0 Å². The van der Waals surface area contributed by atoms with Crippen LogP contribution in [0.1, 0.15) is 23.2 Å². The summed E-state index contributed by atoms with van der Waals surface area (Å²) in [5.41, 5.74) is 1.43. The average molecular weight is 272 g/mol. The molecule has 6 heteroatoms. The van der Waals surface area contributed by atoms with E-state index in [1.807, 2.05) is 12.1 Å². The first kappa shape index (κ1) is 12.8. The van der Waals surface area contributed by atoms with Gasteiger partial charge in [-0.3, -0.25) is 9.89 Å². The van der Waals surface area contributed by atoms with Gasteiger partial charge in [0.05, 0.1) is 6.10 Å². The Morgan fingerprint density at radius 2 is 2.35 bits per heavy atom. The van der Waals surface area contributed by atoms with E-state index in [9.17, 15) is 9.90 Å². The standard InChI is InChI=1S/C14H16N4O2/c19-12-5-2-6-18(8-12)14(20)11-4-1-3-10(7-11)13-15-9-16-17-13/h1,3-4,7,9,12,19H,2,5-6,8H2,(H,15,16,17). The lowest BCUT2D eigenvalue weighted by atomic mass is 10.1. The molecule has 1 amide bonds. The molecule has 0 radical (unpaired) electrons. The number of carbonyl (C=O) groups excluding carboxylic acids is 1. The van der Waals surface area contributed by atoms with E-state index in [1.165, 1.54) is 6.33 Å². The van der Waals surface area contributed by atoms with Crippen molar-refractivity contribution in [2.45, 2.75) is 18.9 Å². The molecule has 3 rings (SSSR count). The van der Waals surface area contributed by atoms with Crippen molar-refractivity contribution in [2.24, 2.45) is 0 Å². The normalized spacial score (nSPS) is 19.1. The molecule has 1 saturated heterocycles. The van der Waals surface area contributed by atoms with E-state index < -0.39 is 6.10 Å². The van der Waals surface area contributed by atoms with Gasteiger partial charge in [-0.15, -0.1) is 0 Å². The molecule has 104 valence electrons. The maximum atomic E-state index is 12.4. The third kappa shape index (κ3) is 2.55. The van der Waals surface area contributed by atoms with Gasteiger partial charge < -0.3 is 10.0 Å². The van der Waals surface area contributed by atoms with Crippen LogP contribution in [0, 0.1) is 0 Å². The van der Waals surface area contributed by atoms with E-state index in [2.05, 4.69) is 15.2 Å². The Morgan fingerprint density at radius 1 is 1.45 bits per heavy atom. The second-order valence-corrected chi connectivity index (χ2v) is 4.96. The molecule has 1 atom stereocenters. The number of H-pyrrole nitrogens is 1. The zero-order chi connectivity index (χ0) is 13.9. The number of rotatable bonds is 2. The number of β-amino-alcohol motifs (C(OH)–C–C–N with tert-alkyl or cyclic N) is 1. The Labute approximate surface area is 116 Å². The van der Waals surface area contributed by atoms with E-state index in [1.54, 1.807) is 17.0 Å². The monoisotopic (exact) mass is 272 g/mol. The number of amides is 1. The lowest BCUT2D eigenvalue weighted by Crippen LogP contribution is -2.42. The third-order valence-electron chi connectivity index (χ3n) is 3.48. The highest BCUT2D eigenvalue weighted by Gasteiger charge is 2.23. The Morgan fingerprint density at radius 3 is 3.10 bits per heavy atom. The molecule has 0 bridgehead atoms. The molecule has 1 aliphatic heterocycles. The van der Waals surface area contributed by atoms with Crippen molar-refractivity contribution < 1.29 is 9.90 Å². The number of aromatic amines is 1. The number of piperidine rings is 1. The Balaban J connectivity index is 1.83. The van der Waals surface area contributed by atoms with Gasteiger partial charge in [0.15, 0.2) is 5.82 Å². The molecule has 1 aromatic carbocycles. The molecule has 0 spiro atoms. The van der Waals surface area contributed by atoms with Gasteiger partial charge in [-0.05, 0) is 25.0 Å². The molecular weight excluding hydrogens is 256 g/mol. The number of aromatic nitrogens is 3. The second kappa shape index (κ2) is 5.42. The summed E-state index contributed by atoms with van der Waals surface area (Å²) in [6, 6.07) is 7.28. The second-order valence-electron chi connectivity index (χ2n) is 4.96. The predicted molar refractivity (Wildman–Crippen MR) is 73.0 cm³/mol. The van der Waals surface area contributed by atoms with Crippen molar-refractivity contribution in [2.75, 3.05) is 13.1 Å². The molecule has 0 saturated carbocycles. The van der Waals surface area contributed by atoms with E-state index in [0.717, 1.165) is 18.4 Å². The van der Waals surface area contributed by atoms with Crippen molar-refractivity contribution in [3.63, 3.8) is 0 Å². The molecule has 2 heterocycles. The smallest absolute Gasteiger partial charge is 0.253 e. The summed E-state index contributed by atoms with van der Waals surface area (Å²) in [4.78, 5) is 18.2. The number of carbonyl (C=O) groups is 1. The summed E-state index contributed by atoms with van der Waals surface area (Å²) in [6.45, 7) is 1.10. The van der Waals surface area contributed by atoms with Crippen LogP contribution in [0.15, 0.2) is 30.6 Å². The molecule has 2 aromatic rings. The van der Waals surface area contributed by atoms with Crippen LogP contribution >= 0.6 is 0 Å². The SMILES string of the molecule is O=C(c1cccc(-c2ncn[nH]2)c1)N1CCCC(O)C1. The zero-order valence-corrected chi connectivity index (χ0v) is 11.0. The third-order valence-corrected chi connectivity index (χ3v) is 3.48. The molecule has 0 aliphatic carbocycles. The van der Waals surface area contributed by atoms with Crippen molar-refractivity contribution in [3.05, 3.63) is 36.2 Å². The summed E-state index contributed by atoms with van der Waals surface area (Å²) in [5.74, 6) is 0.587. The van der Waals surface area contributed by atoms with Crippen LogP contribution in [-0.2, 0) is 0 Å². The lowest BCUT2D eigenvalue weighted by Gasteiger charge is -2.30. The number of hydrogen-bond donors (Lipinski definition) is 2. The largest absolute Gasteiger partial charge is 0.391 e. The number of hydrogen-bond acceptors (Lipinski definition) is 4. The number of likely N-dealkylation sites (tertiary alicyclic amines) is 1. The van der Waals surface area contributed by atoms with Crippen LogP contribution < -0.4 is 0 Å². The molecule has 20 heavy (non-hydrogen) atoms. The van der Waals surface area contributed by atoms with E-state index >= 15 is 0 Å². The molecule has 6 nitrogen and oxygen atoms in total. The molecule has 2 N–H and O–H groups in total. The highest BCUT2D eigenvalue weighted by molar-refractivity contribution is 5.95. The number of nitrogens with zero attached hydrogens (tertiary/aromatic N) is 3. The van der Waals surface area contributed by atoms with Crippen LogP contribution in [0.3, 0.4) is 0 Å². The van der Waals surface area contributed by atoms with Crippen molar-refractivity contribution in [1.82, 2.24) is 20.1 Å². The zero-order valence-electron chi connectivity index (χ0n) is 11.0. The van der Waals surface area contributed by atoms with Crippen molar-refractivity contribution >= 4 is 5.91 Å². The topological polar surface area (TPSA) is 82.1 Å². The highest BCUT2D eigenvalue weighted by Crippen LogP contribution is 2.18. The number of benzene rings is 1. The van der Waals surface area contributed by atoms with Crippen LogP contribution in [0.2, 0.25) is 0 Å². The number of nitrogens with one attached hydrogen (secondary N) is 1. The minimum Gasteiger partial charge on any atom is -0.391 e. The molecule has 1 unspecified atom stereocenters. The van der Waals surface area contributed by atoms with Gasteiger partial charge in [0.25, 0.3) is 5.91 Å². The van der Waals surface area contributed by atoms with Gasteiger partial charge in [-0.2, -0.15) is 5.10 Å². The van der Waals surface area contributed by atoms with Gasteiger partial charge in [-0.1, -0.05) is 12.1 Å². The van der Waals surface area contributed by atoms with E-state index in [4.69, 9.17) is 0 Å². The fourth-order valence-corrected chi connectivity index (χ4v) is 2.47. The predicted octanol–water partition coefficient (Wildman–Crippen LogP) is 1.07. The average Bonchev–Trinajstić information content (AvgIpc) is 3.01. The molecule has 1 fully saturated rings. The van der Waals surface area contributed by atoms with Crippen molar-refractivity contribution in [1.29, 1.82) is 0 Å². The van der Waals surface area contributed by atoms with Crippen LogP contribution in [0.25, 0.3) is 11.4 Å². The van der Waals surface area contributed by atoms with Crippen LogP contribution in [0.5, 0.6) is 0 Å². The van der Waals surface area contributed by atoms with Gasteiger partial charge in [0.1, 0.15) is 6.33 Å². The summed E-state index contributed by atoms with van der Waals surface area (Å²) in [6.07, 6.45) is 2.63. The molecule has 1 aliphatic rings. The van der Waals surface area contributed by atoms with Crippen LogP contribution in [-0.4, -0.2) is 50.3 Å². The Kier molecular flexibility index (Phi) is 3.47. The maximum absolute atomic E-state index is 12.4. The van der Waals surface area contributed by atoms with Gasteiger partial charge >= 0.3 is 0 Å². The maximum Gasteiger partial charge on any atom is 0.253 e. The van der Waals surface area contributed by atoms with E-state index in [0.29, 0.717) is 24.5 Å². The minimum absolute atomic E-state index is 0.0508. The van der Waals surface area contributed by atoms with Gasteiger partial charge in [-0.25, -0.2) is 4.98 Å². The van der Waals surface area contributed by atoms with Crippen molar-refractivity contribution in [3.8, 4) is 11.4 Å². The number of aliphatic hydroxyl groups excluding tert-OH is 1. The van der Waals surface area contributed by atoms with E-state index in [-0.39, 0.29) is 5.91 Å².